The molecule has 1 aliphatic carbocycles. The predicted octanol–water partition coefficient (Wildman–Crippen LogP) is 5.77. The lowest BCUT2D eigenvalue weighted by Gasteiger charge is -2.03. The van der Waals surface area contributed by atoms with E-state index in [4.69, 9.17) is 4.42 Å². The zero-order valence-electron chi connectivity index (χ0n) is 12.2. The minimum Gasteiger partial charge on any atom is -0.456 e. The van der Waals surface area contributed by atoms with Crippen molar-refractivity contribution in [3.05, 3.63) is 65.2 Å². The number of aromatic nitrogens is 1. The minimum atomic E-state index is 0.940. The van der Waals surface area contributed by atoms with Gasteiger partial charge in [0.1, 0.15) is 11.2 Å². The van der Waals surface area contributed by atoms with Crippen LogP contribution in [0, 0.1) is 0 Å². The van der Waals surface area contributed by atoms with Gasteiger partial charge in [-0.3, -0.25) is 0 Å². The summed E-state index contributed by atoms with van der Waals surface area (Å²) in [7, 11) is 0. The van der Waals surface area contributed by atoms with Crippen molar-refractivity contribution in [1.29, 1.82) is 0 Å². The van der Waals surface area contributed by atoms with E-state index in [1.807, 2.05) is 17.6 Å². The summed E-state index contributed by atoms with van der Waals surface area (Å²) in [5, 5.41) is 2.33. The topological polar surface area (TPSA) is 26.0 Å². The molecule has 5 aromatic rings. The monoisotopic (exact) mass is 313 g/mol. The Hall–Kier alpha value is -2.65. The first-order valence-electron chi connectivity index (χ1n) is 7.69. The highest BCUT2D eigenvalue weighted by Gasteiger charge is 2.28. The van der Waals surface area contributed by atoms with Gasteiger partial charge in [-0.15, -0.1) is 11.3 Å². The number of hydrogen-bond donors (Lipinski definition) is 0. The highest BCUT2D eigenvalue weighted by atomic mass is 32.1. The molecule has 2 nitrogen and oxygen atoms in total. The molecule has 0 spiro atoms. The van der Waals surface area contributed by atoms with Gasteiger partial charge in [-0.2, -0.15) is 0 Å². The molecule has 0 radical (unpaired) electrons. The fourth-order valence-electron chi connectivity index (χ4n) is 3.91. The zero-order valence-corrected chi connectivity index (χ0v) is 13.0. The Balaban J connectivity index is 1.93. The van der Waals surface area contributed by atoms with E-state index in [-0.39, 0.29) is 0 Å². The highest BCUT2D eigenvalue weighted by Crippen LogP contribution is 2.49. The summed E-state index contributed by atoms with van der Waals surface area (Å²) in [6, 6.07) is 16.9. The maximum atomic E-state index is 6.27. The lowest BCUT2D eigenvalue weighted by atomic mass is 10.0. The quantitative estimate of drug-likeness (QED) is 0.356. The van der Waals surface area contributed by atoms with Crippen LogP contribution in [0.5, 0.6) is 0 Å². The SMILES string of the molecule is c1ccc2c(c1)Cc1c-2c2scnc2c2c1oc1ccccc12. The summed E-state index contributed by atoms with van der Waals surface area (Å²) in [6.07, 6.45) is 0.940. The minimum absolute atomic E-state index is 0.940. The molecule has 0 aliphatic heterocycles. The van der Waals surface area contributed by atoms with Gasteiger partial charge >= 0.3 is 0 Å². The van der Waals surface area contributed by atoms with Gasteiger partial charge in [0.2, 0.25) is 0 Å². The molecule has 108 valence electrons. The van der Waals surface area contributed by atoms with Crippen LogP contribution < -0.4 is 0 Å². The molecule has 0 saturated heterocycles. The molecule has 3 aromatic carbocycles. The first kappa shape index (κ1) is 11.9. The second-order valence-electron chi connectivity index (χ2n) is 6.02. The third-order valence-corrected chi connectivity index (χ3v) is 5.70. The highest BCUT2D eigenvalue weighted by molar-refractivity contribution is 7.17. The van der Waals surface area contributed by atoms with Crippen LogP contribution in [-0.2, 0) is 6.42 Å². The molecule has 2 aromatic heterocycles. The van der Waals surface area contributed by atoms with Gasteiger partial charge in [-0.25, -0.2) is 4.98 Å². The normalized spacial score (nSPS) is 13.0. The smallest absolute Gasteiger partial charge is 0.141 e. The van der Waals surface area contributed by atoms with E-state index in [1.165, 1.54) is 32.3 Å². The van der Waals surface area contributed by atoms with Crippen LogP contribution >= 0.6 is 11.3 Å². The molecule has 6 rings (SSSR count). The Kier molecular flexibility index (Phi) is 2.06. The van der Waals surface area contributed by atoms with Gasteiger partial charge in [0.05, 0.1) is 21.1 Å². The van der Waals surface area contributed by atoms with Crippen LogP contribution in [0.1, 0.15) is 11.1 Å². The molecular weight excluding hydrogens is 302 g/mol. The third-order valence-electron chi connectivity index (χ3n) is 4.86. The van der Waals surface area contributed by atoms with Gasteiger partial charge in [-0.1, -0.05) is 42.5 Å². The molecule has 0 amide bonds. The number of nitrogens with zero attached hydrogens (tertiary/aromatic N) is 1. The van der Waals surface area contributed by atoms with Gasteiger partial charge in [0.25, 0.3) is 0 Å². The number of para-hydroxylation sites is 1. The Labute approximate surface area is 136 Å². The first-order chi connectivity index (χ1) is 11.4. The standard InChI is InChI=1S/C20H11NOS/c1-2-6-12-11(5-1)9-14-16(12)20-18(21-10-23-20)17-13-7-3-4-8-15(13)22-19(14)17/h1-8,10H,9H2. The number of rotatable bonds is 0. The van der Waals surface area contributed by atoms with Gasteiger partial charge in [0.15, 0.2) is 0 Å². The Morgan fingerprint density at radius 1 is 1.00 bits per heavy atom. The van der Waals surface area contributed by atoms with Crippen molar-refractivity contribution in [3.8, 4) is 11.1 Å². The van der Waals surface area contributed by atoms with Crippen molar-refractivity contribution < 1.29 is 4.42 Å². The number of furan rings is 1. The number of fused-ring (bicyclic) bond motifs is 10. The predicted molar refractivity (Wildman–Crippen MR) is 95.1 cm³/mol. The molecular formula is C20H11NOS. The van der Waals surface area contributed by atoms with Crippen molar-refractivity contribution in [3.63, 3.8) is 0 Å². The Morgan fingerprint density at radius 2 is 1.87 bits per heavy atom. The van der Waals surface area contributed by atoms with Crippen LogP contribution in [0.25, 0.3) is 43.3 Å². The van der Waals surface area contributed by atoms with E-state index in [2.05, 4.69) is 41.4 Å². The molecule has 0 atom stereocenters. The third kappa shape index (κ3) is 1.36. The average molecular weight is 313 g/mol. The van der Waals surface area contributed by atoms with Gasteiger partial charge < -0.3 is 4.42 Å². The van der Waals surface area contributed by atoms with E-state index < -0.39 is 0 Å². The first-order valence-corrected chi connectivity index (χ1v) is 8.57. The lowest BCUT2D eigenvalue weighted by molar-refractivity contribution is 0.665. The summed E-state index contributed by atoms with van der Waals surface area (Å²) in [5.74, 6) is 0. The summed E-state index contributed by atoms with van der Waals surface area (Å²) >= 11 is 1.73. The van der Waals surface area contributed by atoms with Crippen molar-refractivity contribution in [1.82, 2.24) is 4.98 Å². The molecule has 3 heteroatoms. The van der Waals surface area contributed by atoms with Crippen LogP contribution in [0.2, 0.25) is 0 Å². The van der Waals surface area contributed by atoms with Crippen molar-refractivity contribution in [2.45, 2.75) is 6.42 Å². The van der Waals surface area contributed by atoms with Crippen LogP contribution in [0.15, 0.2) is 58.5 Å². The van der Waals surface area contributed by atoms with Gasteiger partial charge in [-0.05, 0) is 17.2 Å². The second kappa shape index (κ2) is 4.00. The van der Waals surface area contributed by atoms with E-state index in [1.54, 1.807) is 11.3 Å². The molecule has 0 saturated carbocycles. The Morgan fingerprint density at radius 3 is 2.87 bits per heavy atom. The fourth-order valence-corrected chi connectivity index (χ4v) is 4.79. The number of hydrogen-bond acceptors (Lipinski definition) is 3. The van der Waals surface area contributed by atoms with E-state index in [0.717, 1.165) is 28.5 Å². The van der Waals surface area contributed by atoms with Gasteiger partial charge in [0, 0.05) is 22.9 Å². The average Bonchev–Trinajstić information content (AvgIpc) is 3.28. The number of thiazole rings is 1. The largest absolute Gasteiger partial charge is 0.456 e. The summed E-state index contributed by atoms with van der Waals surface area (Å²) in [4.78, 5) is 4.68. The van der Waals surface area contributed by atoms with E-state index >= 15 is 0 Å². The summed E-state index contributed by atoms with van der Waals surface area (Å²) in [6.45, 7) is 0. The molecule has 0 unspecified atom stereocenters. The molecule has 2 heterocycles. The Bertz CT molecular complexity index is 1240. The van der Waals surface area contributed by atoms with Crippen molar-refractivity contribution in [2.24, 2.45) is 0 Å². The summed E-state index contributed by atoms with van der Waals surface area (Å²) < 4.78 is 7.55. The molecule has 0 bridgehead atoms. The zero-order chi connectivity index (χ0) is 15.0. The lowest BCUT2D eigenvalue weighted by Crippen LogP contribution is -1.83. The van der Waals surface area contributed by atoms with Crippen LogP contribution in [0.4, 0.5) is 0 Å². The maximum absolute atomic E-state index is 6.27. The van der Waals surface area contributed by atoms with Crippen LogP contribution in [0.3, 0.4) is 0 Å². The second-order valence-corrected chi connectivity index (χ2v) is 6.87. The van der Waals surface area contributed by atoms with Crippen molar-refractivity contribution >= 4 is 43.5 Å². The summed E-state index contributed by atoms with van der Waals surface area (Å²) in [5.41, 5.74) is 10.3. The van der Waals surface area contributed by atoms with E-state index in [9.17, 15) is 0 Å². The van der Waals surface area contributed by atoms with Crippen LogP contribution in [-0.4, -0.2) is 4.98 Å². The fraction of sp³-hybridized carbons (Fsp3) is 0.0500. The molecule has 1 aliphatic rings. The molecule has 23 heavy (non-hydrogen) atoms. The number of benzene rings is 3. The van der Waals surface area contributed by atoms with Crippen molar-refractivity contribution in [2.75, 3.05) is 0 Å². The molecule has 0 N–H and O–H groups in total. The molecule has 0 fully saturated rings. The van der Waals surface area contributed by atoms with E-state index in [0.29, 0.717) is 0 Å². The maximum Gasteiger partial charge on any atom is 0.141 e.